The molecule has 0 amide bonds. The molecule has 4 aromatic rings. The number of hydrogen-bond acceptors (Lipinski definition) is 14. The highest BCUT2D eigenvalue weighted by atomic mass is 79.9. The summed E-state index contributed by atoms with van der Waals surface area (Å²) in [7, 11) is 3.10. The number of nitrogens with zero attached hydrogens (tertiary/aromatic N) is 9. The largest absolute Gasteiger partial charge is 0.489 e. The van der Waals surface area contributed by atoms with Crippen LogP contribution in [0.15, 0.2) is 80.1 Å². The van der Waals surface area contributed by atoms with Gasteiger partial charge in [0, 0.05) is 74.8 Å². The monoisotopic (exact) mass is 1220 g/mol. The van der Waals surface area contributed by atoms with Gasteiger partial charge < -0.3 is 33.9 Å². The van der Waals surface area contributed by atoms with Crippen molar-refractivity contribution in [1.82, 2.24) is 9.97 Å². The number of rotatable bonds is 13. The van der Waals surface area contributed by atoms with Crippen LogP contribution in [0, 0.1) is 35.0 Å². The SMILES string of the molecule is COc1cc(N2CC[C@@H](Oc3ccc(N4N=C(C(F)(F)F)[C@@H](C)[C@@H]4CC#N)cc3Br)[C@H](C)C2)c(Cl)cn1.COc1cc(N2CC[C@@H](Oc3ccc(N4N=C(C(F)(F)F)[C@@H](C)[C@@H]4CC(=O)O)cc3Br)[C@H](C)C2)c(Cl)cn1. The van der Waals surface area contributed by atoms with E-state index in [1.54, 1.807) is 69.1 Å². The third-order valence-corrected chi connectivity index (χ3v) is 15.5. The number of piperidine rings is 2. The first-order chi connectivity index (χ1) is 35.4. The van der Waals surface area contributed by atoms with E-state index in [4.69, 9.17) is 42.1 Å². The topological polar surface area (TPSA) is 161 Å². The summed E-state index contributed by atoms with van der Waals surface area (Å²) in [6.07, 6.45) is -5.37. The Kier molecular flexibility index (Phi) is 18.2. The lowest BCUT2D eigenvalue weighted by Gasteiger charge is -2.38. The number of pyridine rings is 2. The Balaban J connectivity index is 0.000000219. The number of carboxylic acid groups (broad SMARTS) is 1. The van der Waals surface area contributed by atoms with E-state index >= 15 is 0 Å². The molecule has 15 nitrogen and oxygen atoms in total. The molecule has 2 aromatic heterocycles. The maximum absolute atomic E-state index is 13.5. The van der Waals surface area contributed by atoms with Crippen LogP contribution in [0.1, 0.15) is 53.4 Å². The van der Waals surface area contributed by atoms with E-state index < -0.39 is 60.1 Å². The van der Waals surface area contributed by atoms with Gasteiger partial charge in [0.25, 0.3) is 0 Å². The van der Waals surface area contributed by atoms with Crippen molar-refractivity contribution in [2.75, 3.05) is 60.2 Å². The normalized spacial score (nSPS) is 23.9. The molecule has 6 heterocycles. The number of halogens is 10. The van der Waals surface area contributed by atoms with Crippen LogP contribution >= 0.6 is 55.1 Å². The number of nitriles is 1. The number of anilines is 4. The molecule has 0 bridgehead atoms. The van der Waals surface area contributed by atoms with Crippen LogP contribution in [0.4, 0.5) is 49.1 Å². The van der Waals surface area contributed by atoms with Gasteiger partial charge in [-0.25, -0.2) is 9.97 Å². The second-order valence-corrected chi connectivity index (χ2v) is 21.2. The Morgan fingerprint density at radius 2 is 1.13 bits per heavy atom. The van der Waals surface area contributed by atoms with Crippen molar-refractivity contribution < 1.29 is 55.2 Å². The summed E-state index contributed by atoms with van der Waals surface area (Å²) in [6, 6.07) is 13.8. The lowest BCUT2D eigenvalue weighted by Crippen LogP contribution is -2.44. The second kappa shape index (κ2) is 23.8. The van der Waals surface area contributed by atoms with Gasteiger partial charge >= 0.3 is 18.3 Å². The fraction of sp³-hybridized carbons (Fsp3) is 0.480. The van der Waals surface area contributed by atoms with E-state index in [9.17, 15) is 41.5 Å². The standard InChI is InChI=1S/C25H26BrClF3N5O2.C25H27BrClF3N4O4/c1-14-13-34(20-11-23(36-3)32-12-18(20)27)9-7-21(14)37-22-5-4-16(10-17(22)26)35-19(6-8-31)15(2)24(33-35)25(28,29)30;1-13-12-33(19-9-22(37-3)31-11-17(19)27)7-6-20(13)38-21-5-4-15(8-16(21)26)34-18(10-23(35)36)14(2)24(32-34)25(28,29)30/h4-5,10-12,14-15,19,21H,6-7,9,13H2,1-3H3;4-5,8-9,11,13-14,18,20H,6-7,10,12H2,1-3H3,(H,35,36)/t14-,15+,19+,21-;13-,14+,18+,20-/m11/s1. The Bertz CT molecular complexity index is 2830. The molecule has 404 valence electrons. The number of methoxy groups -OCH3 is 2. The molecule has 0 radical (unpaired) electrons. The quantitative estimate of drug-likeness (QED) is 0.126. The van der Waals surface area contributed by atoms with Gasteiger partial charge in [0.05, 0.1) is 99.3 Å². The Hall–Kier alpha value is -5.44. The molecule has 4 aliphatic heterocycles. The van der Waals surface area contributed by atoms with E-state index in [1.807, 2.05) is 12.1 Å². The zero-order chi connectivity index (χ0) is 54.7. The summed E-state index contributed by atoms with van der Waals surface area (Å²) in [5.41, 5.74) is 0.614. The fourth-order valence-corrected chi connectivity index (χ4v) is 11.0. The van der Waals surface area contributed by atoms with Crippen LogP contribution in [0.3, 0.4) is 0 Å². The van der Waals surface area contributed by atoms with E-state index in [0.717, 1.165) is 22.8 Å². The fourth-order valence-electron chi connectivity index (χ4n) is 9.62. The average Bonchev–Trinajstić information content (AvgIpc) is 3.87. The molecule has 2 fully saturated rings. The predicted molar refractivity (Wildman–Crippen MR) is 281 cm³/mol. The van der Waals surface area contributed by atoms with Gasteiger partial charge in [0.2, 0.25) is 11.8 Å². The molecule has 25 heteroatoms. The molecule has 4 aliphatic rings. The zero-order valence-electron chi connectivity index (χ0n) is 41.3. The van der Waals surface area contributed by atoms with Gasteiger partial charge in [0.15, 0.2) is 0 Å². The molecule has 2 aromatic carbocycles. The minimum Gasteiger partial charge on any atom is -0.489 e. The summed E-state index contributed by atoms with van der Waals surface area (Å²) < 4.78 is 105. The summed E-state index contributed by atoms with van der Waals surface area (Å²) in [5.74, 6) is -0.842. The molecular formula is C50H53Br2Cl2F6N9O6. The first-order valence-corrected chi connectivity index (χ1v) is 26.1. The number of ether oxygens (including phenoxy) is 4. The Morgan fingerprint density at radius 3 is 1.49 bits per heavy atom. The highest BCUT2D eigenvalue weighted by Crippen LogP contribution is 2.43. The van der Waals surface area contributed by atoms with Gasteiger partial charge in [-0.2, -0.15) is 41.8 Å². The first kappa shape index (κ1) is 57.3. The van der Waals surface area contributed by atoms with Crippen molar-refractivity contribution in [3.8, 4) is 29.3 Å². The maximum atomic E-state index is 13.5. The molecule has 0 aliphatic carbocycles. The van der Waals surface area contributed by atoms with Crippen molar-refractivity contribution in [2.24, 2.45) is 33.9 Å². The van der Waals surface area contributed by atoms with Crippen LogP contribution in [0.5, 0.6) is 23.3 Å². The molecule has 8 atom stereocenters. The summed E-state index contributed by atoms with van der Waals surface area (Å²) in [6.45, 7) is 9.76. The molecular weight excluding hydrogens is 1170 g/mol. The molecule has 75 heavy (non-hydrogen) atoms. The zero-order valence-corrected chi connectivity index (χ0v) is 46.0. The van der Waals surface area contributed by atoms with Crippen LogP contribution in [0.2, 0.25) is 10.0 Å². The molecule has 0 unspecified atom stereocenters. The van der Waals surface area contributed by atoms with Gasteiger partial charge in [0.1, 0.15) is 35.1 Å². The van der Waals surface area contributed by atoms with Gasteiger partial charge in [-0.15, -0.1) is 0 Å². The number of benzene rings is 2. The van der Waals surface area contributed by atoms with E-state index in [0.29, 0.717) is 86.2 Å². The molecule has 2 saturated heterocycles. The minimum atomic E-state index is -4.65. The molecule has 0 spiro atoms. The first-order valence-electron chi connectivity index (χ1n) is 23.7. The molecule has 1 N–H and O–H groups in total. The number of aliphatic carboxylic acids is 1. The lowest BCUT2D eigenvalue weighted by molar-refractivity contribution is -0.137. The van der Waals surface area contributed by atoms with Crippen molar-refractivity contribution in [3.05, 3.63) is 79.9 Å². The van der Waals surface area contributed by atoms with Crippen molar-refractivity contribution in [2.45, 2.75) is 90.0 Å². The van der Waals surface area contributed by atoms with E-state index in [-0.39, 0.29) is 30.5 Å². The highest BCUT2D eigenvalue weighted by Gasteiger charge is 2.50. The summed E-state index contributed by atoms with van der Waals surface area (Å²) in [5, 5.41) is 29.6. The van der Waals surface area contributed by atoms with E-state index in [2.05, 4.69) is 75.7 Å². The van der Waals surface area contributed by atoms with Gasteiger partial charge in [-0.3, -0.25) is 14.8 Å². The predicted octanol–water partition coefficient (Wildman–Crippen LogP) is 12.5. The third-order valence-electron chi connectivity index (χ3n) is 13.6. The third kappa shape index (κ3) is 13.2. The van der Waals surface area contributed by atoms with Gasteiger partial charge in [-0.05, 0) is 68.3 Å². The van der Waals surface area contributed by atoms with Crippen molar-refractivity contribution in [1.29, 1.82) is 5.26 Å². The summed E-state index contributed by atoms with van der Waals surface area (Å²) >= 11 is 19.7. The van der Waals surface area contributed by atoms with Crippen LogP contribution in [0.25, 0.3) is 0 Å². The van der Waals surface area contributed by atoms with Crippen molar-refractivity contribution >= 4 is 95.2 Å². The Morgan fingerprint density at radius 1 is 0.720 bits per heavy atom. The molecule has 0 saturated carbocycles. The summed E-state index contributed by atoms with van der Waals surface area (Å²) in [4.78, 5) is 23.9. The van der Waals surface area contributed by atoms with Crippen LogP contribution < -0.4 is 38.8 Å². The highest BCUT2D eigenvalue weighted by molar-refractivity contribution is 9.11. The minimum absolute atomic E-state index is 0.0751. The number of hydrogen-bond donors (Lipinski definition) is 1. The van der Waals surface area contributed by atoms with Crippen molar-refractivity contribution in [3.63, 3.8) is 0 Å². The number of hydrazone groups is 2. The van der Waals surface area contributed by atoms with Crippen LogP contribution in [-0.2, 0) is 4.79 Å². The average molecular weight is 1220 g/mol. The Labute approximate surface area is 456 Å². The second-order valence-electron chi connectivity index (χ2n) is 18.6. The smallest absolute Gasteiger partial charge is 0.431 e. The van der Waals surface area contributed by atoms with Gasteiger partial charge in [-0.1, -0.05) is 50.9 Å². The number of carboxylic acids is 1. The number of carbonyl (C=O) groups is 1. The lowest BCUT2D eigenvalue weighted by atomic mass is 9.94. The molecule has 8 rings (SSSR count). The van der Waals surface area contributed by atoms with E-state index in [1.165, 1.54) is 18.9 Å². The number of alkyl halides is 6. The number of aromatic nitrogens is 2. The van der Waals surface area contributed by atoms with Crippen LogP contribution in [-0.4, -0.2) is 110 Å². The maximum Gasteiger partial charge on any atom is 0.431 e.